The highest BCUT2D eigenvalue weighted by Crippen LogP contribution is 2.53. The summed E-state index contributed by atoms with van der Waals surface area (Å²) < 4.78 is 0. The van der Waals surface area contributed by atoms with E-state index in [-0.39, 0.29) is 64.4 Å². The van der Waals surface area contributed by atoms with Crippen molar-refractivity contribution in [1.82, 2.24) is 15.1 Å². The van der Waals surface area contributed by atoms with Gasteiger partial charge < -0.3 is 30.8 Å². The van der Waals surface area contributed by atoms with E-state index in [2.05, 4.69) is 5.32 Å². The number of rotatable bonds is 7. The fraction of sp³-hybridized carbons (Fsp3) is 0.727. The van der Waals surface area contributed by atoms with Crippen LogP contribution in [0.3, 0.4) is 0 Å². The molecule has 4 N–H and O–H groups in total. The first kappa shape index (κ1) is 23.3. The molecule has 4 aliphatic rings. The van der Waals surface area contributed by atoms with Crippen LogP contribution in [0.5, 0.6) is 0 Å². The second-order valence-electron chi connectivity index (χ2n) is 9.68. The number of carbonyl (C=O) groups excluding carboxylic acids is 3. The molecular formula is C22H32N4O5S. The fourth-order valence-corrected chi connectivity index (χ4v) is 7.19. The Morgan fingerprint density at radius 2 is 2.06 bits per heavy atom. The number of β-lactam (4-membered cyclic amide) rings is 1. The summed E-state index contributed by atoms with van der Waals surface area (Å²) in [5, 5.41) is 13.2. The molecule has 176 valence electrons. The molecule has 32 heavy (non-hydrogen) atoms. The minimum Gasteiger partial charge on any atom is -0.477 e. The van der Waals surface area contributed by atoms with Gasteiger partial charge in [0.15, 0.2) is 0 Å². The smallest absolute Gasteiger partial charge is 0.353 e. The lowest BCUT2D eigenvalue weighted by molar-refractivity contribution is -0.160. The van der Waals surface area contributed by atoms with E-state index in [0.717, 1.165) is 6.42 Å². The predicted molar refractivity (Wildman–Crippen MR) is 119 cm³/mol. The Morgan fingerprint density at radius 1 is 1.34 bits per heavy atom. The van der Waals surface area contributed by atoms with E-state index in [4.69, 9.17) is 5.73 Å². The van der Waals surface area contributed by atoms with Crippen molar-refractivity contribution in [3.63, 3.8) is 0 Å². The van der Waals surface area contributed by atoms with Gasteiger partial charge in [0.1, 0.15) is 11.5 Å². The number of carboxylic acid groups (broad SMARTS) is 1. The molecule has 0 radical (unpaired) electrons. The molecular weight excluding hydrogens is 432 g/mol. The zero-order valence-corrected chi connectivity index (χ0v) is 19.6. The molecule has 7 atom stereocenters. The molecule has 3 fully saturated rings. The molecule has 4 heterocycles. The van der Waals surface area contributed by atoms with Gasteiger partial charge >= 0.3 is 5.97 Å². The number of carboxylic acids is 1. The molecule has 0 spiro atoms. The van der Waals surface area contributed by atoms with Crippen LogP contribution in [0.25, 0.3) is 0 Å². The molecule has 10 heteroatoms. The van der Waals surface area contributed by atoms with Crippen molar-refractivity contribution >= 4 is 35.3 Å². The van der Waals surface area contributed by atoms with Gasteiger partial charge in [-0.2, -0.15) is 0 Å². The van der Waals surface area contributed by atoms with E-state index in [1.54, 1.807) is 4.90 Å². The van der Waals surface area contributed by atoms with Crippen LogP contribution in [0.15, 0.2) is 10.6 Å². The van der Waals surface area contributed by atoms with Crippen LogP contribution in [0.4, 0.5) is 0 Å². The molecule has 2 amide bonds. The average Bonchev–Trinajstić information content (AvgIpc) is 3.40. The standard InChI is InChI=1S/C22H32N4O5S/c1-10(6-11(2)27)16-17-12(3)19(18(22(30)31)26(17)21(16)29)32-14-7-15(24-8-14)20(28)25-5-4-13(23)9-25/h10,12-17,24H,4-9,23H2,1-3H3,(H,30,31)/t10-,12+,13-,14?,15?,16+,17-/m0/s1. The molecule has 0 saturated carbocycles. The average molecular weight is 465 g/mol. The zero-order chi connectivity index (χ0) is 23.3. The summed E-state index contributed by atoms with van der Waals surface area (Å²) in [6.07, 6.45) is 1.74. The Bertz CT molecular complexity index is 876. The second-order valence-corrected chi connectivity index (χ2v) is 11.0. The normalized spacial score (nSPS) is 35.2. The predicted octanol–water partition coefficient (Wildman–Crippen LogP) is 0.398. The number of likely N-dealkylation sites (tertiary alicyclic amines) is 1. The number of ketones is 1. The summed E-state index contributed by atoms with van der Waals surface area (Å²) in [7, 11) is 0. The number of hydrogen-bond acceptors (Lipinski definition) is 7. The highest BCUT2D eigenvalue weighted by atomic mass is 32.2. The highest BCUT2D eigenvalue weighted by molar-refractivity contribution is 8.03. The van der Waals surface area contributed by atoms with E-state index >= 15 is 0 Å². The Morgan fingerprint density at radius 3 is 2.66 bits per heavy atom. The Balaban J connectivity index is 1.45. The third-order valence-electron chi connectivity index (χ3n) is 7.23. The monoisotopic (exact) mass is 464 g/mol. The number of nitrogens with one attached hydrogen (secondary N) is 1. The van der Waals surface area contributed by atoms with Crippen molar-refractivity contribution in [2.24, 2.45) is 23.5 Å². The van der Waals surface area contributed by atoms with Crippen LogP contribution < -0.4 is 11.1 Å². The first-order valence-electron chi connectivity index (χ1n) is 11.3. The molecule has 3 saturated heterocycles. The summed E-state index contributed by atoms with van der Waals surface area (Å²) in [5.74, 6) is -1.78. The Kier molecular flexibility index (Phi) is 6.39. The van der Waals surface area contributed by atoms with Crippen molar-refractivity contribution in [1.29, 1.82) is 0 Å². The first-order chi connectivity index (χ1) is 15.1. The third-order valence-corrected chi connectivity index (χ3v) is 8.74. The molecule has 0 bridgehead atoms. The van der Waals surface area contributed by atoms with Gasteiger partial charge in [0, 0.05) is 48.2 Å². The van der Waals surface area contributed by atoms with Crippen molar-refractivity contribution in [3.05, 3.63) is 10.6 Å². The van der Waals surface area contributed by atoms with Gasteiger partial charge in [0.25, 0.3) is 0 Å². The SMILES string of the molecule is CC(=O)C[C@H](C)[C@H]1C(=O)N2C(C(=O)O)=C(SC3CNC(C(=O)N4CC[C@H](N)C4)C3)[C@H](C)[C@@H]12. The number of amides is 2. The van der Waals surface area contributed by atoms with Gasteiger partial charge in [0.05, 0.1) is 18.0 Å². The van der Waals surface area contributed by atoms with Crippen LogP contribution >= 0.6 is 11.8 Å². The van der Waals surface area contributed by atoms with Crippen molar-refractivity contribution in [3.8, 4) is 0 Å². The fourth-order valence-electron chi connectivity index (χ4n) is 5.72. The summed E-state index contributed by atoms with van der Waals surface area (Å²) >= 11 is 1.48. The maximum Gasteiger partial charge on any atom is 0.353 e. The minimum absolute atomic E-state index is 0.0297. The topological polar surface area (TPSA) is 133 Å². The lowest BCUT2D eigenvalue weighted by Crippen LogP contribution is -2.62. The summed E-state index contributed by atoms with van der Waals surface area (Å²) in [4.78, 5) is 53.2. The zero-order valence-electron chi connectivity index (χ0n) is 18.7. The van der Waals surface area contributed by atoms with Crippen molar-refractivity contribution in [2.45, 2.75) is 63.4 Å². The number of nitrogens with two attached hydrogens (primary N) is 1. The van der Waals surface area contributed by atoms with Crippen LogP contribution in [-0.4, -0.2) is 81.5 Å². The number of nitrogens with zero attached hydrogens (tertiary/aromatic N) is 2. The third kappa shape index (κ3) is 3.97. The highest BCUT2D eigenvalue weighted by Gasteiger charge is 2.60. The largest absolute Gasteiger partial charge is 0.477 e. The lowest BCUT2D eigenvalue weighted by Gasteiger charge is -2.47. The van der Waals surface area contributed by atoms with Gasteiger partial charge in [-0.3, -0.25) is 9.59 Å². The molecule has 0 aromatic heterocycles. The number of Topliss-reactive ketones (excluding diaryl/α,β-unsaturated/α-hetero) is 1. The maximum absolute atomic E-state index is 12.9. The van der Waals surface area contributed by atoms with Gasteiger partial charge in [-0.05, 0) is 25.7 Å². The van der Waals surface area contributed by atoms with Crippen LogP contribution in [0, 0.1) is 17.8 Å². The van der Waals surface area contributed by atoms with Gasteiger partial charge in [-0.15, -0.1) is 11.8 Å². The molecule has 2 unspecified atom stereocenters. The molecule has 4 rings (SSSR count). The first-order valence-corrected chi connectivity index (χ1v) is 12.2. The number of fused-ring (bicyclic) bond motifs is 1. The lowest BCUT2D eigenvalue weighted by atomic mass is 9.73. The summed E-state index contributed by atoms with van der Waals surface area (Å²) in [6.45, 7) is 7.23. The molecule has 4 aliphatic heterocycles. The minimum atomic E-state index is -1.10. The number of carbonyl (C=O) groups is 4. The van der Waals surface area contributed by atoms with E-state index < -0.39 is 5.97 Å². The van der Waals surface area contributed by atoms with E-state index in [1.807, 2.05) is 13.8 Å². The number of hydrogen-bond donors (Lipinski definition) is 3. The quantitative estimate of drug-likeness (QED) is 0.461. The summed E-state index contributed by atoms with van der Waals surface area (Å²) in [5.41, 5.74) is 6.00. The number of thioether (sulfide) groups is 1. The van der Waals surface area contributed by atoms with Gasteiger partial charge in [-0.25, -0.2) is 4.79 Å². The van der Waals surface area contributed by atoms with E-state index in [9.17, 15) is 24.3 Å². The maximum atomic E-state index is 12.9. The van der Waals surface area contributed by atoms with Crippen molar-refractivity contribution in [2.75, 3.05) is 19.6 Å². The van der Waals surface area contributed by atoms with E-state index in [1.165, 1.54) is 23.6 Å². The van der Waals surface area contributed by atoms with Gasteiger partial charge in [0.2, 0.25) is 11.8 Å². The van der Waals surface area contributed by atoms with Crippen LogP contribution in [0.2, 0.25) is 0 Å². The van der Waals surface area contributed by atoms with Crippen molar-refractivity contribution < 1.29 is 24.3 Å². The molecule has 0 aromatic carbocycles. The molecule has 0 aliphatic carbocycles. The molecule has 0 aromatic rings. The van der Waals surface area contributed by atoms with Crippen LogP contribution in [0.1, 0.15) is 40.0 Å². The van der Waals surface area contributed by atoms with Crippen LogP contribution in [-0.2, 0) is 19.2 Å². The summed E-state index contributed by atoms with van der Waals surface area (Å²) in [6, 6.07) is -0.470. The Labute approximate surface area is 192 Å². The van der Waals surface area contributed by atoms with E-state index in [0.29, 0.717) is 37.4 Å². The number of aliphatic carboxylic acids is 1. The van der Waals surface area contributed by atoms with Gasteiger partial charge in [-0.1, -0.05) is 13.8 Å². The Hall–Kier alpha value is -1.91. The molecule has 9 nitrogen and oxygen atoms in total. The second kappa shape index (κ2) is 8.79.